The molecule has 57 heavy (non-hydrogen) atoms. The van der Waals surface area contributed by atoms with Gasteiger partial charge in [0, 0.05) is 5.41 Å². The molecule has 0 saturated carbocycles. The number of carboxylic acid groups (broad SMARTS) is 2. The van der Waals surface area contributed by atoms with Crippen molar-refractivity contribution in [2.24, 2.45) is 0 Å². The summed E-state index contributed by atoms with van der Waals surface area (Å²) in [6.07, 6.45) is 0. The first-order chi connectivity index (χ1) is 27.4. The standard InChI is InChI=1S/C45H30N2O10/c1-45(2,25-17-21-27(22-18-25)56-35-15-5-3-13-33(35)46-39(48)29-9-7-11-31(43(52)53)37(29)41(46)50)26-19-23-28(24-20-26)57-36-16-6-4-14-34(36)47-40(49)30-10-8-12-32(44(54)55)38(30)42(47)51/h3-24H,1-2H3,(H,52,53)(H,54,55). The van der Waals surface area contributed by atoms with E-state index < -0.39 is 41.0 Å². The van der Waals surface area contributed by atoms with Gasteiger partial charge in [-0.1, -0.05) is 74.5 Å². The summed E-state index contributed by atoms with van der Waals surface area (Å²) in [5.74, 6) is -4.10. The zero-order valence-electron chi connectivity index (χ0n) is 30.3. The second-order valence-corrected chi connectivity index (χ2v) is 13.8. The molecule has 0 spiro atoms. The average Bonchev–Trinajstić information content (AvgIpc) is 3.62. The first-order valence-corrected chi connectivity index (χ1v) is 17.6. The predicted molar refractivity (Wildman–Crippen MR) is 207 cm³/mol. The summed E-state index contributed by atoms with van der Waals surface area (Å²) in [4.78, 5) is 79.1. The number of hydrogen-bond donors (Lipinski definition) is 2. The van der Waals surface area contributed by atoms with Crippen LogP contribution < -0.4 is 19.3 Å². The van der Waals surface area contributed by atoms with Crippen LogP contribution in [-0.2, 0) is 5.41 Å². The zero-order valence-corrected chi connectivity index (χ0v) is 30.3. The van der Waals surface area contributed by atoms with E-state index in [0.717, 1.165) is 20.9 Å². The predicted octanol–water partition coefficient (Wildman–Crippen LogP) is 8.59. The van der Waals surface area contributed by atoms with Gasteiger partial charge in [0.05, 0.1) is 44.8 Å². The van der Waals surface area contributed by atoms with Crippen LogP contribution in [-0.4, -0.2) is 45.8 Å². The van der Waals surface area contributed by atoms with E-state index in [1.807, 2.05) is 38.1 Å². The van der Waals surface area contributed by atoms with Gasteiger partial charge in [0.2, 0.25) is 0 Å². The number of imide groups is 2. The van der Waals surface area contributed by atoms with Crippen LogP contribution in [0.25, 0.3) is 0 Å². The Kier molecular flexibility index (Phi) is 8.73. The quantitative estimate of drug-likeness (QED) is 0.129. The van der Waals surface area contributed by atoms with E-state index in [1.165, 1.54) is 36.4 Å². The van der Waals surface area contributed by atoms with Gasteiger partial charge in [-0.2, -0.15) is 0 Å². The molecule has 6 aromatic carbocycles. The number of rotatable bonds is 10. The van der Waals surface area contributed by atoms with Gasteiger partial charge in [-0.15, -0.1) is 0 Å². The number of para-hydroxylation sites is 4. The summed E-state index contributed by atoms with van der Waals surface area (Å²) in [5.41, 5.74) is 0.888. The highest BCUT2D eigenvalue weighted by atomic mass is 16.5. The molecule has 12 nitrogen and oxygen atoms in total. The Morgan fingerprint density at radius 2 is 0.842 bits per heavy atom. The Morgan fingerprint density at radius 3 is 1.21 bits per heavy atom. The monoisotopic (exact) mass is 758 g/mol. The molecule has 0 unspecified atom stereocenters. The highest BCUT2D eigenvalue weighted by Gasteiger charge is 2.42. The molecule has 2 N–H and O–H groups in total. The van der Waals surface area contributed by atoms with Crippen molar-refractivity contribution in [1.82, 2.24) is 0 Å². The molecule has 280 valence electrons. The third-order valence-electron chi connectivity index (χ3n) is 10.1. The molecule has 12 heteroatoms. The Labute approximate surface area is 324 Å². The number of carbonyl (C=O) groups excluding carboxylic acids is 4. The van der Waals surface area contributed by atoms with Crippen LogP contribution in [0.4, 0.5) is 11.4 Å². The van der Waals surface area contributed by atoms with Crippen LogP contribution in [0.5, 0.6) is 23.0 Å². The molecular weight excluding hydrogens is 728 g/mol. The van der Waals surface area contributed by atoms with Crippen LogP contribution in [0.15, 0.2) is 133 Å². The fourth-order valence-electron chi connectivity index (χ4n) is 7.12. The number of hydrogen-bond acceptors (Lipinski definition) is 8. The third-order valence-corrected chi connectivity index (χ3v) is 10.1. The van der Waals surface area contributed by atoms with Crippen LogP contribution >= 0.6 is 0 Å². The van der Waals surface area contributed by atoms with E-state index >= 15 is 0 Å². The molecule has 2 aliphatic heterocycles. The molecule has 8 rings (SSSR count). The number of nitrogens with zero attached hydrogens (tertiary/aromatic N) is 2. The molecular formula is C45H30N2O10. The SMILES string of the molecule is CC(C)(c1ccc(Oc2ccccc2N2C(=O)c3cccc(C(=O)O)c3C2=O)cc1)c1ccc(Oc2ccccc2N2C(=O)c3cccc(C(=O)O)c3C2=O)cc1. The highest BCUT2D eigenvalue weighted by molar-refractivity contribution is 6.37. The third kappa shape index (κ3) is 6.05. The maximum absolute atomic E-state index is 13.4. The molecule has 0 aromatic heterocycles. The first kappa shape index (κ1) is 36.1. The topological polar surface area (TPSA) is 168 Å². The van der Waals surface area contributed by atoms with Gasteiger partial charge in [-0.05, 0) is 83.9 Å². The molecule has 2 aliphatic rings. The molecule has 0 radical (unpaired) electrons. The summed E-state index contributed by atoms with van der Waals surface area (Å²) in [6.45, 7) is 4.09. The summed E-state index contributed by atoms with van der Waals surface area (Å²) in [6, 6.07) is 36.0. The summed E-state index contributed by atoms with van der Waals surface area (Å²) < 4.78 is 12.4. The van der Waals surface area contributed by atoms with E-state index in [-0.39, 0.29) is 56.3 Å². The fourth-order valence-corrected chi connectivity index (χ4v) is 7.12. The summed E-state index contributed by atoms with van der Waals surface area (Å²) in [7, 11) is 0. The molecule has 0 saturated heterocycles. The fraction of sp³-hybridized carbons (Fsp3) is 0.0667. The van der Waals surface area contributed by atoms with Gasteiger partial charge >= 0.3 is 11.9 Å². The van der Waals surface area contributed by atoms with Gasteiger partial charge < -0.3 is 19.7 Å². The lowest BCUT2D eigenvalue weighted by atomic mass is 9.78. The van der Waals surface area contributed by atoms with Gasteiger partial charge in [0.15, 0.2) is 11.5 Å². The Morgan fingerprint density at radius 1 is 0.474 bits per heavy atom. The normalized spacial score (nSPS) is 13.4. The van der Waals surface area contributed by atoms with Crippen molar-refractivity contribution >= 4 is 46.9 Å². The van der Waals surface area contributed by atoms with Gasteiger partial charge in [0.25, 0.3) is 23.6 Å². The van der Waals surface area contributed by atoms with Crippen molar-refractivity contribution in [1.29, 1.82) is 0 Å². The van der Waals surface area contributed by atoms with Crippen molar-refractivity contribution < 1.29 is 48.5 Å². The Balaban J connectivity index is 0.991. The number of benzene rings is 6. The number of fused-ring (bicyclic) bond motifs is 2. The maximum Gasteiger partial charge on any atom is 0.336 e. The number of ether oxygens (including phenoxy) is 2. The van der Waals surface area contributed by atoms with Crippen molar-refractivity contribution in [2.45, 2.75) is 19.3 Å². The van der Waals surface area contributed by atoms with Crippen LogP contribution in [0, 0.1) is 0 Å². The van der Waals surface area contributed by atoms with Crippen LogP contribution in [0.2, 0.25) is 0 Å². The van der Waals surface area contributed by atoms with Crippen molar-refractivity contribution in [3.63, 3.8) is 0 Å². The van der Waals surface area contributed by atoms with E-state index in [0.29, 0.717) is 11.5 Å². The van der Waals surface area contributed by atoms with Gasteiger partial charge in [0.1, 0.15) is 11.5 Å². The molecule has 0 fully saturated rings. The second kappa shape index (κ2) is 13.8. The Bertz CT molecular complexity index is 2520. The minimum Gasteiger partial charge on any atom is -0.478 e. The van der Waals surface area contributed by atoms with E-state index in [2.05, 4.69) is 0 Å². The van der Waals surface area contributed by atoms with E-state index in [4.69, 9.17) is 9.47 Å². The molecule has 0 aliphatic carbocycles. The number of carbonyl (C=O) groups is 6. The number of aromatic carboxylic acids is 2. The van der Waals surface area contributed by atoms with Crippen molar-refractivity contribution in [2.75, 3.05) is 9.80 Å². The number of amides is 4. The molecule has 6 aromatic rings. The average molecular weight is 759 g/mol. The van der Waals surface area contributed by atoms with Crippen LogP contribution in [0.1, 0.15) is 87.1 Å². The summed E-state index contributed by atoms with van der Waals surface area (Å²) in [5, 5.41) is 19.3. The lowest BCUT2D eigenvalue weighted by molar-refractivity contribution is 0.0683. The minimum absolute atomic E-state index is 0.00436. The largest absolute Gasteiger partial charge is 0.478 e. The lowest BCUT2D eigenvalue weighted by Gasteiger charge is -2.27. The molecule has 2 heterocycles. The highest BCUT2D eigenvalue weighted by Crippen LogP contribution is 2.41. The van der Waals surface area contributed by atoms with E-state index in [9.17, 15) is 39.0 Å². The smallest absolute Gasteiger partial charge is 0.336 e. The van der Waals surface area contributed by atoms with Crippen molar-refractivity contribution in [3.8, 4) is 23.0 Å². The van der Waals surface area contributed by atoms with E-state index in [1.54, 1.807) is 72.8 Å². The van der Waals surface area contributed by atoms with Crippen molar-refractivity contribution in [3.05, 3.63) is 178 Å². The molecule has 4 amide bonds. The first-order valence-electron chi connectivity index (χ1n) is 17.6. The molecule has 0 atom stereocenters. The maximum atomic E-state index is 13.4. The minimum atomic E-state index is -1.31. The number of carboxylic acids is 2. The summed E-state index contributed by atoms with van der Waals surface area (Å²) >= 11 is 0. The number of anilines is 2. The lowest BCUT2D eigenvalue weighted by Crippen LogP contribution is -2.30. The van der Waals surface area contributed by atoms with Gasteiger partial charge in [-0.25, -0.2) is 19.4 Å². The zero-order chi connectivity index (χ0) is 40.2. The Hall–Kier alpha value is -7.86. The van der Waals surface area contributed by atoms with Crippen LogP contribution in [0.3, 0.4) is 0 Å². The second-order valence-electron chi connectivity index (χ2n) is 13.8. The molecule has 0 bridgehead atoms. The van der Waals surface area contributed by atoms with Gasteiger partial charge in [-0.3, -0.25) is 19.2 Å².